The molecule has 2 heterocycles. The first-order chi connectivity index (χ1) is 8.27. The Bertz CT molecular complexity index is 563. The Morgan fingerprint density at radius 2 is 2.35 bits per heavy atom. The third-order valence-electron chi connectivity index (χ3n) is 2.85. The van der Waals surface area contributed by atoms with Gasteiger partial charge in [-0.1, -0.05) is 18.2 Å². The normalized spacial score (nSPS) is 24.6. The highest BCUT2D eigenvalue weighted by atomic mass is 16.1. The van der Waals surface area contributed by atoms with Gasteiger partial charge < -0.3 is 10.6 Å². The highest BCUT2D eigenvalue weighted by molar-refractivity contribution is 6.31. The van der Waals surface area contributed by atoms with Gasteiger partial charge in [-0.3, -0.25) is 9.79 Å². The highest BCUT2D eigenvalue weighted by Crippen LogP contribution is 2.28. The van der Waals surface area contributed by atoms with Crippen molar-refractivity contribution in [3.05, 3.63) is 48.0 Å². The summed E-state index contributed by atoms with van der Waals surface area (Å²) in [6.07, 6.45) is 12.3. The predicted octanol–water partition coefficient (Wildman–Crippen LogP) is 0.490. The average Bonchev–Trinajstić information content (AvgIpc) is 2.37. The standard InChI is InChI=1S/C12H10N4O/c13-12(17)9-3-1-2-8-6-15-10-7-14-4-5-16(10)11(8)9/h1-7,11H,(H2,13,17). The van der Waals surface area contributed by atoms with Crippen LogP contribution in [0.2, 0.25) is 0 Å². The Balaban J connectivity index is 2.10. The van der Waals surface area contributed by atoms with Crippen molar-refractivity contribution in [1.82, 2.24) is 4.90 Å². The van der Waals surface area contributed by atoms with Gasteiger partial charge in [0.2, 0.25) is 5.91 Å². The fourth-order valence-corrected chi connectivity index (χ4v) is 2.09. The number of amides is 1. The molecule has 2 N–H and O–H groups in total. The van der Waals surface area contributed by atoms with E-state index in [-0.39, 0.29) is 6.04 Å². The van der Waals surface area contributed by atoms with Gasteiger partial charge in [-0.2, -0.15) is 0 Å². The molecule has 1 aliphatic carbocycles. The van der Waals surface area contributed by atoms with Crippen LogP contribution in [-0.2, 0) is 4.79 Å². The summed E-state index contributed by atoms with van der Waals surface area (Å²) < 4.78 is 0. The maximum Gasteiger partial charge on any atom is 0.247 e. The number of hydrogen-bond donors (Lipinski definition) is 1. The Morgan fingerprint density at radius 1 is 1.47 bits per heavy atom. The summed E-state index contributed by atoms with van der Waals surface area (Å²) in [7, 11) is 0. The van der Waals surface area contributed by atoms with E-state index < -0.39 is 5.91 Å². The maximum absolute atomic E-state index is 11.5. The zero-order valence-corrected chi connectivity index (χ0v) is 8.95. The zero-order valence-electron chi connectivity index (χ0n) is 8.95. The fraction of sp³-hybridized carbons (Fsp3) is 0.0833. The summed E-state index contributed by atoms with van der Waals surface area (Å²) >= 11 is 0. The lowest BCUT2D eigenvalue weighted by Gasteiger charge is -2.36. The summed E-state index contributed by atoms with van der Waals surface area (Å²) in [5, 5.41) is 0. The molecule has 0 aromatic heterocycles. The highest BCUT2D eigenvalue weighted by Gasteiger charge is 2.32. The van der Waals surface area contributed by atoms with Crippen molar-refractivity contribution in [1.29, 1.82) is 0 Å². The van der Waals surface area contributed by atoms with E-state index in [1.54, 1.807) is 30.9 Å². The van der Waals surface area contributed by atoms with E-state index >= 15 is 0 Å². The SMILES string of the molecule is NC(=O)C1=CC=CC2=CN=C3C=NC=CN3C21. The molecule has 1 unspecified atom stereocenters. The van der Waals surface area contributed by atoms with Gasteiger partial charge in [0.05, 0.1) is 12.3 Å². The van der Waals surface area contributed by atoms with Gasteiger partial charge in [0.15, 0.2) is 5.84 Å². The molecule has 1 amide bonds. The van der Waals surface area contributed by atoms with E-state index in [1.807, 2.05) is 17.1 Å². The lowest BCUT2D eigenvalue weighted by molar-refractivity contribution is -0.114. The summed E-state index contributed by atoms with van der Waals surface area (Å²) in [6.45, 7) is 0. The van der Waals surface area contributed by atoms with Crippen LogP contribution in [0.5, 0.6) is 0 Å². The van der Waals surface area contributed by atoms with Crippen LogP contribution in [0, 0.1) is 0 Å². The Hall–Kier alpha value is -2.43. The number of primary amides is 1. The number of fused-ring (bicyclic) bond motifs is 3. The molecule has 3 aliphatic rings. The van der Waals surface area contributed by atoms with E-state index in [9.17, 15) is 4.79 Å². The van der Waals surface area contributed by atoms with Crippen molar-refractivity contribution >= 4 is 18.0 Å². The lowest BCUT2D eigenvalue weighted by Crippen LogP contribution is -2.45. The third-order valence-corrected chi connectivity index (χ3v) is 2.85. The van der Waals surface area contributed by atoms with E-state index in [0.29, 0.717) is 11.4 Å². The van der Waals surface area contributed by atoms with Crippen LogP contribution >= 0.6 is 0 Å². The molecule has 0 saturated heterocycles. The largest absolute Gasteiger partial charge is 0.366 e. The van der Waals surface area contributed by atoms with E-state index in [0.717, 1.165) is 5.57 Å². The summed E-state index contributed by atoms with van der Waals surface area (Å²) in [5.74, 6) is 0.297. The number of hydrogen-bond acceptors (Lipinski definition) is 4. The smallest absolute Gasteiger partial charge is 0.247 e. The average molecular weight is 226 g/mol. The fourth-order valence-electron chi connectivity index (χ4n) is 2.09. The zero-order chi connectivity index (χ0) is 11.8. The van der Waals surface area contributed by atoms with Gasteiger partial charge in [0.1, 0.15) is 0 Å². The number of nitrogens with zero attached hydrogens (tertiary/aromatic N) is 3. The molecule has 84 valence electrons. The monoisotopic (exact) mass is 226 g/mol. The van der Waals surface area contributed by atoms with Crippen LogP contribution < -0.4 is 5.73 Å². The number of carbonyl (C=O) groups is 1. The van der Waals surface area contributed by atoms with Gasteiger partial charge >= 0.3 is 0 Å². The number of allylic oxidation sites excluding steroid dienone is 2. The molecule has 0 fully saturated rings. The summed E-state index contributed by atoms with van der Waals surface area (Å²) in [4.78, 5) is 21.6. The molecule has 0 saturated carbocycles. The second-order valence-electron chi connectivity index (χ2n) is 3.85. The van der Waals surface area contributed by atoms with Crippen molar-refractivity contribution in [3.8, 4) is 0 Å². The van der Waals surface area contributed by atoms with Gasteiger partial charge in [0, 0.05) is 24.2 Å². The molecule has 0 bridgehead atoms. The van der Waals surface area contributed by atoms with Crippen molar-refractivity contribution < 1.29 is 4.79 Å². The van der Waals surface area contributed by atoms with Crippen LogP contribution in [0.25, 0.3) is 0 Å². The predicted molar refractivity (Wildman–Crippen MR) is 65.2 cm³/mol. The molecule has 0 aromatic rings. The van der Waals surface area contributed by atoms with E-state index in [1.165, 1.54) is 0 Å². The first-order valence-corrected chi connectivity index (χ1v) is 5.21. The first kappa shape index (κ1) is 9.77. The van der Waals surface area contributed by atoms with Crippen molar-refractivity contribution in [2.45, 2.75) is 6.04 Å². The molecule has 5 nitrogen and oxygen atoms in total. The minimum Gasteiger partial charge on any atom is -0.366 e. The van der Waals surface area contributed by atoms with Crippen LogP contribution in [-0.4, -0.2) is 28.9 Å². The number of rotatable bonds is 1. The molecule has 2 aliphatic heterocycles. The second kappa shape index (κ2) is 3.55. The van der Waals surface area contributed by atoms with Gasteiger partial charge in [-0.25, -0.2) is 4.99 Å². The second-order valence-corrected chi connectivity index (χ2v) is 3.85. The van der Waals surface area contributed by atoms with Crippen LogP contribution in [0.3, 0.4) is 0 Å². The molecule has 0 spiro atoms. The molecule has 5 heteroatoms. The lowest BCUT2D eigenvalue weighted by atomic mass is 9.91. The molecule has 3 rings (SSSR count). The van der Waals surface area contributed by atoms with Crippen LogP contribution in [0.4, 0.5) is 0 Å². The van der Waals surface area contributed by atoms with Crippen LogP contribution in [0.1, 0.15) is 0 Å². The minimum absolute atomic E-state index is 0.187. The minimum atomic E-state index is -0.414. The summed E-state index contributed by atoms with van der Waals surface area (Å²) in [5.41, 5.74) is 6.91. The number of aliphatic imine (C=N–C) groups is 2. The Kier molecular flexibility index (Phi) is 2.04. The topological polar surface area (TPSA) is 71.0 Å². The van der Waals surface area contributed by atoms with Crippen LogP contribution in [0.15, 0.2) is 58.0 Å². The number of nitrogens with two attached hydrogens (primary N) is 1. The van der Waals surface area contributed by atoms with Gasteiger partial charge in [0.25, 0.3) is 0 Å². The quantitative estimate of drug-likeness (QED) is 0.706. The Morgan fingerprint density at radius 3 is 3.18 bits per heavy atom. The molecule has 17 heavy (non-hydrogen) atoms. The first-order valence-electron chi connectivity index (χ1n) is 5.21. The van der Waals surface area contributed by atoms with Gasteiger partial charge in [-0.15, -0.1) is 0 Å². The summed E-state index contributed by atoms with van der Waals surface area (Å²) in [6, 6.07) is -0.187. The molecular formula is C12H10N4O. The molecule has 0 radical (unpaired) electrons. The van der Waals surface area contributed by atoms with Crippen molar-refractivity contribution in [2.75, 3.05) is 0 Å². The number of carbonyl (C=O) groups excluding carboxylic acids is 1. The maximum atomic E-state index is 11.5. The van der Waals surface area contributed by atoms with E-state index in [4.69, 9.17) is 5.73 Å². The van der Waals surface area contributed by atoms with Gasteiger partial charge in [-0.05, 0) is 5.57 Å². The number of amidine groups is 1. The van der Waals surface area contributed by atoms with Crippen molar-refractivity contribution in [3.63, 3.8) is 0 Å². The van der Waals surface area contributed by atoms with Crippen molar-refractivity contribution in [2.24, 2.45) is 15.7 Å². The molecule has 1 atom stereocenters. The molecule has 0 aromatic carbocycles. The van der Waals surface area contributed by atoms with E-state index in [2.05, 4.69) is 9.98 Å². The Labute approximate surface area is 98.0 Å². The molecular weight excluding hydrogens is 216 g/mol. The third kappa shape index (κ3) is 1.44.